The fraction of sp³-hybridized carbons (Fsp3) is 0.609. The van der Waals surface area contributed by atoms with Gasteiger partial charge in [0.15, 0.2) is 5.79 Å². The Labute approximate surface area is 184 Å². The van der Waals surface area contributed by atoms with Crippen molar-refractivity contribution in [3.63, 3.8) is 0 Å². The number of fused-ring (bicyclic) bond motifs is 1. The van der Waals surface area contributed by atoms with Crippen LogP contribution in [0.2, 0.25) is 6.32 Å². The summed E-state index contributed by atoms with van der Waals surface area (Å²) in [5.74, 6) is -1.39. The van der Waals surface area contributed by atoms with E-state index in [1.807, 2.05) is 13.8 Å². The molecule has 166 valence electrons. The molecule has 1 saturated heterocycles. The van der Waals surface area contributed by atoms with Crippen LogP contribution < -0.4 is 0 Å². The maximum absolute atomic E-state index is 12.3. The second-order valence-electron chi connectivity index (χ2n) is 8.46. The molecule has 8 heteroatoms. The number of imide groups is 1. The third kappa shape index (κ3) is 5.95. The first-order valence-electron chi connectivity index (χ1n) is 11.0. The Morgan fingerprint density at radius 3 is 2.32 bits per heavy atom. The van der Waals surface area contributed by atoms with E-state index in [4.69, 9.17) is 22.1 Å². The van der Waals surface area contributed by atoms with Crippen LogP contribution in [0, 0.1) is 0 Å². The molecular weight excluding hydrogens is 397 g/mol. The summed E-state index contributed by atoms with van der Waals surface area (Å²) in [5, 5.41) is 0. The van der Waals surface area contributed by atoms with Gasteiger partial charge in [-0.2, -0.15) is 0 Å². The van der Waals surface area contributed by atoms with Crippen molar-refractivity contribution in [1.82, 2.24) is 4.90 Å². The summed E-state index contributed by atoms with van der Waals surface area (Å²) < 4.78 is 16.7. The first kappa shape index (κ1) is 23.5. The Balaban J connectivity index is 1.27. The fourth-order valence-electron chi connectivity index (χ4n) is 3.91. The Morgan fingerprint density at radius 1 is 1.13 bits per heavy atom. The lowest BCUT2D eigenvalue weighted by Crippen LogP contribution is -2.34. The lowest BCUT2D eigenvalue weighted by atomic mass is 9.96. The second kappa shape index (κ2) is 10.4. The molecule has 2 radical (unpaired) electrons. The monoisotopic (exact) mass is 427 g/mol. The van der Waals surface area contributed by atoms with Crippen molar-refractivity contribution < 1.29 is 28.6 Å². The number of hydrogen-bond donors (Lipinski definition) is 0. The van der Waals surface area contributed by atoms with Crippen LogP contribution in [0.4, 0.5) is 0 Å². The van der Waals surface area contributed by atoms with E-state index in [1.54, 1.807) is 24.3 Å². The van der Waals surface area contributed by atoms with Crippen LogP contribution in [0.1, 0.15) is 73.1 Å². The predicted octanol–water partition coefficient (Wildman–Crippen LogP) is 3.27. The molecule has 0 aliphatic carbocycles. The highest BCUT2D eigenvalue weighted by atomic mass is 16.7. The third-order valence-electron chi connectivity index (χ3n) is 5.60. The molecule has 3 rings (SSSR count). The molecule has 0 bridgehead atoms. The number of benzene rings is 1. The van der Waals surface area contributed by atoms with E-state index in [1.165, 1.54) is 4.90 Å². The minimum Gasteiger partial charge on any atom is -0.460 e. The van der Waals surface area contributed by atoms with Gasteiger partial charge in [-0.1, -0.05) is 31.4 Å². The highest BCUT2D eigenvalue weighted by Gasteiger charge is 2.38. The molecule has 0 N–H and O–H groups in total. The van der Waals surface area contributed by atoms with Crippen molar-refractivity contribution in [3.05, 3.63) is 35.4 Å². The highest BCUT2D eigenvalue weighted by molar-refractivity contribution is 6.21. The van der Waals surface area contributed by atoms with Crippen LogP contribution in [0.25, 0.3) is 0 Å². The van der Waals surface area contributed by atoms with E-state index < -0.39 is 11.9 Å². The van der Waals surface area contributed by atoms with Gasteiger partial charge in [0, 0.05) is 13.0 Å². The van der Waals surface area contributed by atoms with Crippen LogP contribution in [-0.2, 0) is 19.0 Å². The van der Waals surface area contributed by atoms with Crippen molar-refractivity contribution in [1.29, 1.82) is 0 Å². The molecule has 1 aromatic rings. The average Bonchev–Trinajstić information content (AvgIpc) is 3.23. The molecule has 1 aromatic carbocycles. The van der Waals surface area contributed by atoms with E-state index in [9.17, 15) is 14.4 Å². The summed E-state index contributed by atoms with van der Waals surface area (Å²) in [7, 11) is 5.73. The molecule has 7 nitrogen and oxygen atoms in total. The van der Waals surface area contributed by atoms with E-state index in [-0.39, 0.29) is 30.2 Å². The first-order chi connectivity index (χ1) is 14.8. The van der Waals surface area contributed by atoms with Gasteiger partial charge in [0.1, 0.15) is 12.2 Å². The number of amides is 2. The Bertz CT molecular complexity index is 776. The summed E-state index contributed by atoms with van der Waals surface area (Å²) >= 11 is 0. The van der Waals surface area contributed by atoms with Crippen molar-refractivity contribution in [2.24, 2.45) is 0 Å². The third-order valence-corrected chi connectivity index (χ3v) is 5.60. The summed E-state index contributed by atoms with van der Waals surface area (Å²) in [4.78, 5) is 38.1. The Kier molecular flexibility index (Phi) is 7.89. The van der Waals surface area contributed by atoms with Crippen LogP contribution in [0.3, 0.4) is 0 Å². The summed E-state index contributed by atoms with van der Waals surface area (Å²) in [5.41, 5.74) is 0.972. The predicted molar refractivity (Wildman–Crippen MR) is 115 cm³/mol. The largest absolute Gasteiger partial charge is 0.460 e. The number of nitrogens with zero attached hydrogens (tertiary/aromatic N) is 1. The summed E-state index contributed by atoms with van der Waals surface area (Å²) in [6.07, 6.45) is 3.82. The van der Waals surface area contributed by atoms with Gasteiger partial charge < -0.3 is 14.2 Å². The van der Waals surface area contributed by atoms with Crippen LogP contribution >= 0.6 is 0 Å². The number of hydrogen-bond acceptors (Lipinski definition) is 6. The molecule has 2 amide bonds. The van der Waals surface area contributed by atoms with Crippen molar-refractivity contribution >= 4 is 25.6 Å². The molecule has 2 aliphatic heterocycles. The minimum atomic E-state index is -0.683. The molecule has 2 aliphatic rings. The van der Waals surface area contributed by atoms with Gasteiger partial charge in [-0.3, -0.25) is 19.3 Å². The standard InChI is InChI=1S/C23H30BNO6/c1-23(2)29-15-19(31-23)18(14-24)30-20(26)12-6-4-3-5-9-13-25-21(27)16-10-7-8-11-17(16)22(25)28/h7-8,10-11,18-19H,3-6,9,12-15H2,1-2H3/t18-,19-/m0/s1. The van der Waals surface area contributed by atoms with Gasteiger partial charge >= 0.3 is 5.97 Å². The lowest BCUT2D eigenvalue weighted by molar-refractivity contribution is -0.168. The number of rotatable bonds is 11. The smallest absolute Gasteiger partial charge is 0.306 e. The number of carbonyl (C=O) groups excluding carboxylic acids is 3. The minimum absolute atomic E-state index is 0.188. The molecule has 0 aromatic heterocycles. The first-order valence-corrected chi connectivity index (χ1v) is 11.0. The topological polar surface area (TPSA) is 82.1 Å². The summed E-state index contributed by atoms with van der Waals surface area (Å²) in [6, 6.07) is 6.92. The molecule has 2 heterocycles. The quantitative estimate of drug-likeness (QED) is 0.233. The number of ether oxygens (including phenoxy) is 3. The maximum Gasteiger partial charge on any atom is 0.306 e. The van der Waals surface area contributed by atoms with Gasteiger partial charge in [0.2, 0.25) is 0 Å². The van der Waals surface area contributed by atoms with E-state index >= 15 is 0 Å². The van der Waals surface area contributed by atoms with Gasteiger partial charge in [-0.05, 0) is 45.1 Å². The number of esters is 1. The summed E-state index contributed by atoms with van der Waals surface area (Å²) in [6.45, 7) is 4.41. The zero-order valence-corrected chi connectivity index (χ0v) is 18.3. The van der Waals surface area contributed by atoms with E-state index in [0.29, 0.717) is 30.7 Å². The van der Waals surface area contributed by atoms with Crippen molar-refractivity contribution in [2.75, 3.05) is 13.2 Å². The molecule has 31 heavy (non-hydrogen) atoms. The Hall–Kier alpha value is -2.19. The zero-order valence-electron chi connectivity index (χ0n) is 18.3. The van der Waals surface area contributed by atoms with Crippen LogP contribution in [0.5, 0.6) is 0 Å². The average molecular weight is 427 g/mol. The lowest BCUT2D eigenvalue weighted by Gasteiger charge is -2.23. The van der Waals surface area contributed by atoms with Gasteiger partial charge in [0.05, 0.1) is 25.6 Å². The van der Waals surface area contributed by atoms with Crippen molar-refractivity contribution in [2.45, 2.75) is 76.7 Å². The Morgan fingerprint density at radius 2 is 1.74 bits per heavy atom. The normalized spacial score (nSPS) is 20.7. The number of unbranched alkanes of at least 4 members (excludes halogenated alkanes) is 4. The van der Waals surface area contributed by atoms with Gasteiger partial charge in [-0.25, -0.2) is 0 Å². The van der Waals surface area contributed by atoms with E-state index in [2.05, 4.69) is 0 Å². The molecule has 0 saturated carbocycles. The van der Waals surface area contributed by atoms with Gasteiger partial charge in [-0.15, -0.1) is 0 Å². The van der Waals surface area contributed by atoms with Crippen molar-refractivity contribution in [3.8, 4) is 0 Å². The molecular formula is C23H30BNO6. The van der Waals surface area contributed by atoms with E-state index in [0.717, 1.165) is 32.1 Å². The molecule has 0 spiro atoms. The van der Waals surface area contributed by atoms with Crippen LogP contribution in [0.15, 0.2) is 24.3 Å². The van der Waals surface area contributed by atoms with Gasteiger partial charge in [0.25, 0.3) is 11.8 Å². The molecule has 2 atom stereocenters. The number of carbonyl (C=O) groups is 3. The van der Waals surface area contributed by atoms with Crippen LogP contribution in [-0.4, -0.2) is 61.7 Å². The zero-order chi connectivity index (χ0) is 22.4. The molecule has 0 unspecified atom stereocenters. The fourth-order valence-corrected chi connectivity index (χ4v) is 3.91. The molecule has 1 fully saturated rings. The second-order valence-corrected chi connectivity index (χ2v) is 8.46. The highest BCUT2D eigenvalue weighted by Crippen LogP contribution is 2.27. The SMILES string of the molecule is [B]C[C@H](OC(=O)CCCCCCCN1C(=O)c2ccccc2C1=O)[C@@H]1COC(C)(C)O1. The maximum atomic E-state index is 12.3.